The fraction of sp³-hybridized carbons (Fsp3) is 0.318. The van der Waals surface area contributed by atoms with E-state index >= 15 is 0 Å². The number of hydrogen-bond acceptors (Lipinski definition) is 4. The van der Waals surface area contributed by atoms with Gasteiger partial charge in [-0.3, -0.25) is 4.79 Å². The van der Waals surface area contributed by atoms with Crippen LogP contribution in [0.1, 0.15) is 41.4 Å². The molecule has 0 bridgehead atoms. The number of para-hydroxylation sites is 3. The predicted octanol–water partition coefficient (Wildman–Crippen LogP) is 4.35. The minimum Gasteiger partial charge on any atom is -0.355 e. The topological polar surface area (TPSA) is 58.1 Å². The Morgan fingerprint density at radius 1 is 1.04 bits per heavy atom. The summed E-state index contributed by atoms with van der Waals surface area (Å²) in [4.78, 5) is 24.9. The number of hydrogen-bond donors (Lipinski definition) is 1. The van der Waals surface area contributed by atoms with Crippen molar-refractivity contribution in [1.82, 2.24) is 9.97 Å². The Morgan fingerprint density at radius 2 is 1.74 bits per heavy atom. The smallest absolute Gasteiger partial charge is 0.278 e. The molecule has 1 fully saturated rings. The summed E-state index contributed by atoms with van der Waals surface area (Å²) in [5.41, 5.74) is 5.03. The Kier molecular flexibility index (Phi) is 4.75. The van der Waals surface area contributed by atoms with Gasteiger partial charge in [-0.05, 0) is 49.4 Å². The third-order valence-corrected chi connectivity index (χ3v) is 5.15. The second-order valence-corrected chi connectivity index (χ2v) is 7.00. The molecule has 0 atom stereocenters. The van der Waals surface area contributed by atoms with Gasteiger partial charge in [-0.15, -0.1) is 0 Å². The first kappa shape index (κ1) is 17.5. The van der Waals surface area contributed by atoms with Crippen molar-refractivity contribution in [2.75, 3.05) is 23.3 Å². The largest absolute Gasteiger partial charge is 0.355 e. The van der Waals surface area contributed by atoms with E-state index in [0.717, 1.165) is 60.2 Å². The first-order chi connectivity index (χ1) is 13.2. The van der Waals surface area contributed by atoms with Crippen LogP contribution in [0.2, 0.25) is 0 Å². The lowest BCUT2D eigenvalue weighted by atomic mass is 10.1. The molecule has 4 rings (SSSR count). The molecule has 2 aromatic carbocycles. The van der Waals surface area contributed by atoms with Crippen molar-refractivity contribution >= 4 is 28.4 Å². The van der Waals surface area contributed by atoms with E-state index in [4.69, 9.17) is 4.98 Å². The number of fused-ring (bicyclic) bond motifs is 1. The van der Waals surface area contributed by atoms with Gasteiger partial charge in [0.15, 0.2) is 11.5 Å². The molecule has 1 N–H and O–H groups in total. The van der Waals surface area contributed by atoms with E-state index in [-0.39, 0.29) is 5.91 Å². The Balaban J connectivity index is 1.78. The molecule has 0 aliphatic carbocycles. The Bertz CT molecular complexity index is 993. The minimum atomic E-state index is -0.195. The fourth-order valence-electron chi connectivity index (χ4n) is 3.67. The summed E-state index contributed by atoms with van der Waals surface area (Å²) in [5.74, 6) is 0.495. The third kappa shape index (κ3) is 3.37. The van der Waals surface area contributed by atoms with Gasteiger partial charge in [-0.1, -0.05) is 37.3 Å². The van der Waals surface area contributed by atoms with E-state index in [2.05, 4.69) is 28.2 Å². The second-order valence-electron chi connectivity index (χ2n) is 7.00. The zero-order chi connectivity index (χ0) is 18.8. The summed E-state index contributed by atoms with van der Waals surface area (Å²) < 4.78 is 0. The number of carbonyl (C=O) groups excluding carboxylic acids is 1. The summed E-state index contributed by atoms with van der Waals surface area (Å²) in [7, 11) is 0. The molecule has 0 saturated carbocycles. The zero-order valence-corrected chi connectivity index (χ0v) is 15.8. The number of rotatable bonds is 4. The SMILES string of the molecule is CCc1cccc(C)c1NC(=O)c1nc2ccccc2nc1N1CCCC1. The van der Waals surface area contributed by atoms with Gasteiger partial charge in [-0.25, -0.2) is 9.97 Å². The number of nitrogens with zero attached hydrogens (tertiary/aromatic N) is 3. The van der Waals surface area contributed by atoms with Crippen LogP contribution >= 0.6 is 0 Å². The maximum atomic E-state index is 13.2. The number of aryl methyl sites for hydroxylation is 2. The van der Waals surface area contributed by atoms with Crippen molar-refractivity contribution in [3.8, 4) is 0 Å². The predicted molar refractivity (Wildman–Crippen MR) is 109 cm³/mol. The number of anilines is 2. The molecule has 0 radical (unpaired) electrons. The molecule has 5 heteroatoms. The van der Waals surface area contributed by atoms with Crippen LogP contribution < -0.4 is 10.2 Å². The Labute approximate surface area is 159 Å². The van der Waals surface area contributed by atoms with Crippen LogP contribution in [0.3, 0.4) is 0 Å². The summed E-state index contributed by atoms with van der Waals surface area (Å²) in [6.45, 7) is 5.94. The molecule has 3 aromatic rings. The van der Waals surface area contributed by atoms with Crippen LogP contribution in [-0.4, -0.2) is 29.0 Å². The molecule has 0 unspecified atom stereocenters. The fourth-order valence-corrected chi connectivity index (χ4v) is 3.67. The molecule has 138 valence electrons. The first-order valence-electron chi connectivity index (χ1n) is 9.59. The first-order valence-corrected chi connectivity index (χ1v) is 9.59. The number of amides is 1. The van der Waals surface area contributed by atoms with Crippen molar-refractivity contribution in [3.05, 3.63) is 59.3 Å². The van der Waals surface area contributed by atoms with E-state index in [0.29, 0.717) is 11.5 Å². The average molecular weight is 360 g/mol. The maximum Gasteiger partial charge on any atom is 0.278 e. The highest BCUT2D eigenvalue weighted by atomic mass is 16.1. The number of benzene rings is 2. The number of nitrogens with one attached hydrogen (secondary N) is 1. The summed E-state index contributed by atoms with van der Waals surface area (Å²) in [5, 5.41) is 3.11. The van der Waals surface area contributed by atoms with Gasteiger partial charge < -0.3 is 10.2 Å². The molecule has 27 heavy (non-hydrogen) atoms. The van der Waals surface area contributed by atoms with Gasteiger partial charge >= 0.3 is 0 Å². The van der Waals surface area contributed by atoms with Gasteiger partial charge in [0.2, 0.25) is 0 Å². The summed E-state index contributed by atoms with van der Waals surface area (Å²) >= 11 is 0. The zero-order valence-electron chi connectivity index (χ0n) is 15.8. The molecule has 1 amide bonds. The van der Waals surface area contributed by atoms with Gasteiger partial charge in [0.05, 0.1) is 11.0 Å². The third-order valence-electron chi connectivity index (χ3n) is 5.15. The lowest BCUT2D eigenvalue weighted by Crippen LogP contribution is -2.25. The maximum absolute atomic E-state index is 13.2. The Morgan fingerprint density at radius 3 is 2.44 bits per heavy atom. The average Bonchev–Trinajstić information content (AvgIpc) is 3.23. The molecule has 1 aliphatic heterocycles. The second kappa shape index (κ2) is 7.35. The number of carbonyl (C=O) groups is 1. The molecule has 1 saturated heterocycles. The van der Waals surface area contributed by atoms with Gasteiger partial charge in [0, 0.05) is 18.8 Å². The van der Waals surface area contributed by atoms with Crippen molar-refractivity contribution in [2.24, 2.45) is 0 Å². The molecular formula is C22H24N4O. The standard InChI is InChI=1S/C22H24N4O/c1-3-16-10-8-9-15(2)19(16)25-22(27)20-21(26-13-6-7-14-26)24-18-12-5-4-11-17(18)23-20/h4-5,8-12H,3,6-7,13-14H2,1-2H3,(H,25,27). The molecular weight excluding hydrogens is 336 g/mol. The molecule has 0 spiro atoms. The van der Waals surface area contributed by atoms with E-state index in [1.54, 1.807) is 0 Å². The van der Waals surface area contributed by atoms with Crippen LogP contribution in [0, 0.1) is 6.92 Å². The quantitative estimate of drug-likeness (QED) is 0.751. The normalized spacial score (nSPS) is 13.9. The van der Waals surface area contributed by atoms with Gasteiger partial charge in [-0.2, -0.15) is 0 Å². The van der Waals surface area contributed by atoms with Crippen LogP contribution in [0.15, 0.2) is 42.5 Å². The highest BCUT2D eigenvalue weighted by molar-refractivity contribution is 6.08. The van der Waals surface area contributed by atoms with Crippen LogP contribution in [0.5, 0.6) is 0 Å². The van der Waals surface area contributed by atoms with Crippen molar-refractivity contribution in [3.63, 3.8) is 0 Å². The van der Waals surface area contributed by atoms with Crippen LogP contribution in [0.25, 0.3) is 11.0 Å². The van der Waals surface area contributed by atoms with Gasteiger partial charge in [0.25, 0.3) is 5.91 Å². The number of aromatic nitrogens is 2. The van der Waals surface area contributed by atoms with Gasteiger partial charge in [0.1, 0.15) is 0 Å². The lowest BCUT2D eigenvalue weighted by Gasteiger charge is -2.20. The summed E-state index contributed by atoms with van der Waals surface area (Å²) in [6, 6.07) is 13.8. The van der Waals surface area contributed by atoms with Crippen molar-refractivity contribution in [1.29, 1.82) is 0 Å². The van der Waals surface area contributed by atoms with E-state index in [9.17, 15) is 4.79 Å². The molecule has 1 aliphatic rings. The molecule has 2 heterocycles. The minimum absolute atomic E-state index is 0.195. The molecule has 1 aromatic heterocycles. The summed E-state index contributed by atoms with van der Waals surface area (Å²) in [6.07, 6.45) is 3.10. The van der Waals surface area contributed by atoms with E-state index in [1.165, 1.54) is 0 Å². The monoisotopic (exact) mass is 360 g/mol. The lowest BCUT2D eigenvalue weighted by molar-refractivity contribution is 0.102. The van der Waals surface area contributed by atoms with E-state index < -0.39 is 0 Å². The van der Waals surface area contributed by atoms with Crippen molar-refractivity contribution < 1.29 is 4.79 Å². The van der Waals surface area contributed by atoms with Crippen molar-refractivity contribution in [2.45, 2.75) is 33.1 Å². The van der Waals surface area contributed by atoms with Crippen LogP contribution in [-0.2, 0) is 6.42 Å². The molecule has 5 nitrogen and oxygen atoms in total. The highest BCUT2D eigenvalue weighted by Crippen LogP contribution is 2.27. The van der Waals surface area contributed by atoms with E-state index in [1.807, 2.05) is 43.3 Å². The van der Waals surface area contributed by atoms with Crippen LogP contribution in [0.4, 0.5) is 11.5 Å². The highest BCUT2D eigenvalue weighted by Gasteiger charge is 2.24. The Hall–Kier alpha value is -2.95.